The molecule has 0 radical (unpaired) electrons. The van der Waals surface area contributed by atoms with Crippen molar-refractivity contribution in [2.24, 2.45) is 18.9 Å². The van der Waals surface area contributed by atoms with Gasteiger partial charge < -0.3 is 15.5 Å². The average Bonchev–Trinajstić information content (AvgIpc) is 2.99. The predicted molar refractivity (Wildman–Crippen MR) is 63.0 cm³/mol. The minimum Gasteiger partial charge on any atom is -0.390 e. The molecule has 2 aliphatic carbocycles. The van der Waals surface area contributed by atoms with Crippen molar-refractivity contribution in [3.05, 3.63) is 0 Å². The van der Waals surface area contributed by atoms with Gasteiger partial charge >= 0.3 is 6.03 Å². The number of hydrogen-bond acceptors (Lipinski definition) is 6. The molecular weight excluding hydrogens is 252 g/mol. The van der Waals surface area contributed by atoms with Crippen LogP contribution in [0, 0.1) is 11.8 Å². The van der Waals surface area contributed by atoms with Gasteiger partial charge in [-0.1, -0.05) is 5.10 Å². The monoisotopic (exact) mass is 268 g/mol. The molecule has 0 spiro atoms. The van der Waals surface area contributed by atoms with Gasteiger partial charge in [-0.15, -0.1) is 5.10 Å². The van der Waals surface area contributed by atoms with E-state index in [-0.39, 0.29) is 23.8 Å². The number of aromatic nitrogens is 4. The molecule has 0 aromatic carbocycles. The van der Waals surface area contributed by atoms with Gasteiger partial charge in [0, 0.05) is 12.0 Å². The molecular formula is C10H16N6O3. The van der Waals surface area contributed by atoms with E-state index in [1.165, 1.54) is 4.80 Å². The highest BCUT2D eigenvalue weighted by atomic mass is 16.3. The Morgan fingerprint density at radius 1 is 1.37 bits per heavy atom. The smallest absolute Gasteiger partial charge is 0.321 e. The van der Waals surface area contributed by atoms with Crippen LogP contribution in [0.25, 0.3) is 0 Å². The minimum absolute atomic E-state index is 0.0694. The first kappa shape index (κ1) is 12.3. The van der Waals surface area contributed by atoms with Gasteiger partial charge in [0.2, 0.25) is 0 Å². The lowest BCUT2D eigenvalue weighted by atomic mass is 9.90. The molecule has 1 heterocycles. The Kier molecular flexibility index (Phi) is 2.86. The number of nitrogens with one attached hydrogen (secondary N) is 2. The van der Waals surface area contributed by atoms with E-state index in [1.807, 2.05) is 0 Å². The number of rotatable bonds is 2. The van der Waals surface area contributed by atoms with E-state index >= 15 is 0 Å². The van der Waals surface area contributed by atoms with Crippen molar-refractivity contribution in [1.82, 2.24) is 25.5 Å². The van der Waals surface area contributed by atoms with E-state index in [9.17, 15) is 15.0 Å². The number of fused-ring (bicyclic) bond motifs is 2. The highest BCUT2D eigenvalue weighted by Gasteiger charge is 2.52. The molecule has 2 amide bonds. The van der Waals surface area contributed by atoms with Crippen molar-refractivity contribution in [2.45, 2.75) is 31.1 Å². The van der Waals surface area contributed by atoms with E-state index in [0.29, 0.717) is 6.42 Å². The molecule has 3 rings (SSSR count). The Morgan fingerprint density at radius 2 is 2.16 bits per heavy atom. The molecule has 5 unspecified atom stereocenters. The third kappa shape index (κ3) is 2.15. The number of aliphatic hydroxyl groups excluding tert-OH is 2. The fraction of sp³-hybridized carbons (Fsp3) is 0.800. The highest BCUT2D eigenvalue weighted by Crippen LogP contribution is 2.44. The van der Waals surface area contributed by atoms with Gasteiger partial charge in [-0.05, 0) is 24.0 Å². The van der Waals surface area contributed by atoms with Crippen molar-refractivity contribution in [3.63, 3.8) is 0 Å². The normalized spacial score (nSPS) is 36.5. The van der Waals surface area contributed by atoms with Crippen LogP contribution in [0.1, 0.15) is 12.8 Å². The summed E-state index contributed by atoms with van der Waals surface area (Å²) >= 11 is 0. The summed E-state index contributed by atoms with van der Waals surface area (Å²) in [6.07, 6.45) is 0.0207. The fourth-order valence-corrected chi connectivity index (χ4v) is 3.11. The number of amides is 2. The lowest BCUT2D eigenvalue weighted by Crippen LogP contribution is -2.48. The van der Waals surface area contributed by atoms with Crippen molar-refractivity contribution >= 4 is 12.0 Å². The summed E-state index contributed by atoms with van der Waals surface area (Å²) in [5.41, 5.74) is 0. The van der Waals surface area contributed by atoms with Crippen LogP contribution in [0.2, 0.25) is 0 Å². The zero-order chi connectivity index (χ0) is 13.6. The molecule has 2 aliphatic rings. The van der Waals surface area contributed by atoms with Gasteiger partial charge in [0.05, 0.1) is 19.3 Å². The highest BCUT2D eigenvalue weighted by molar-refractivity contribution is 5.87. The van der Waals surface area contributed by atoms with Crippen molar-refractivity contribution < 1.29 is 15.0 Å². The summed E-state index contributed by atoms with van der Waals surface area (Å²) in [5, 5.41) is 35.8. The van der Waals surface area contributed by atoms with Crippen molar-refractivity contribution in [3.8, 4) is 0 Å². The summed E-state index contributed by atoms with van der Waals surface area (Å²) in [5.74, 6) is 0.115. The van der Waals surface area contributed by atoms with Gasteiger partial charge in [0.15, 0.2) is 0 Å². The maximum atomic E-state index is 11.8. The molecule has 9 heteroatoms. The first-order valence-electron chi connectivity index (χ1n) is 6.22. The van der Waals surface area contributed by atoms with Gasteiger partial charge in [-0.3, -0.25) is 5.32 Å². The largest absolute Gasteiger partial charge is 0.390 e. The van der Waals surface area contributed by atoms with E-state index in [4.69, 9.17) is 0 Å². The molecule has 2 saturated carbocycles. The van der Waals surface area contributed by atoms with Crippen LogP contribution in [0.15, 0.2) is 0 Å². The molecule has 1 aromatic rings. The molecule has 5 atom stereocenters. The number of aliphatic hydroxyl groups is 2. The van der Waals surface area contributed by atoms with Crippen molar-refractivity contribution in [2.75, 3.05) is 5.32 Å². The summed E-state index contributed by atoms with van der Waals surface area (Å²) in [6.45, 7) is 0. The molecule has 19 heavy (non-hydrogen) atoms. The first-order chi connectivity index (χ1) is 9.04. The Bertz CT molecular complexity index is 489. The van der Waals surface area contributed by atoms with Gasteiger partial charge in [-0.25, -0.2) is 4.79 Å². The number of aryl methyl sites for hydroxylation is 1. The second-order valence-corrected chi connectivity index (χ2v) is 5.18. The molecule has 1 aromatic heterocycles. The van der Waals surface area contributed by atoms with E-state index < -0.39 is 18.2 Å². The van der Waals surface area contributed by atoms with E-state index in [1.54, 1.807) is 7.05 Å². The van der Waals surface area contributed by atoms with Crippen LogP contribution >= 0.6 is 0 Å². The lowest BCUT2D eigenvalue weighted by Gasteiger charge is -2.30. The average molecular weight is 268 g/mol. The molecule has 2 fully saturated rings. The van der Waals surface area contributed by atoms with Gasteiger partial charge in [0.25, 0.3) is 5.95 Å². The Labute approximate surface area is 109 Å². The predicted octanol–water partition coefficient (Wildman–Crippen LogP) is -1.54. The topological polar surface area (TPSA) is 125 Å². The number of urea groups is 1. The van der Waals surface area contributed by atoms with Gasteiger partial charge in [0.1, 0.15) is 0 Å². The van der Waals surface area contributed by atoms with Gasteiger partial charge in [-0.2, -0.15) is 4.80 Å². The van der Waals surface area contributed by atoms with Crippen LogP contribution in [0.5, 0.6) is 0 Å². The number of carbonyl (C=O) groups excluding carboxylic acids is 1. The summed E-state index contributed by atoms with van der Waals surface area (Å²) in [4.78, 5) is 13.0. The second-order valence-electron chi connectivity index (χ2n) is 5.18. The number of nitrogens with zero attached hydrogens (tertiary/aromatic N) is 4. The Hall–Kier alpha value is -1.74. The van der Waals surface area contributed by atoms with E-state index in [0.717, 1.165) is 6.42 Å². The molecule has 104 valence electrons. The molecule has 0 saturated heterocycles. The fourth-order valence-electron chi connectivity index (χ4n) is 3.11. The Morgan fingerprint density at radius 3 is 2.74 bits per heavy atom. The second kappa shape index (κ2) is 4.42. The maximum absolute atomic E-state index is 11.8. The summed E-state index contributed by atoms with van der Waals surface area (Å²) in [6, 6.07) is -0.549. The van der Waals surface area contributed by atoms with Crippen LogP contribution < -0.4 is 10.6 Å². The minimum atomic E-state index is -0.751. The Balaban J connectivity index is 1.56. The van der Waals surface area contributed by atoms with Crippen LogP contribution in [0.4, 0.5) is 10.7 Å². The summed E-state index contributed by atoms with van der Waals surface area (Å²) < 4.78 is 0. The maximum Gasteiger partial charge on any atom is 0.321 e. The number of tetrazole rings is 1. The first-order valence-corrected chi connectivity index (χ1v) is 6.22. The molecule has 9 nitrogen and oxygen atoms in total. The SMILES string of the molecule is Cn1nnc(NC(=O)NC2CC3CC2C(O)C3O)n1. The molecule has 0 aliphatic heterocycles. The van der Waals surface area contributed by atoms with Crippen molar-refractivity contribution in [1.29, 1.82) is 0 Å². The number of hydrogen-bond donors (Lipinski definition) is 4. The standard InChI is InChI=1S/C10H16N6O3/c1-16-14-9(13-15-16)12-10(19)11-6-3-4-2-5(6)8(18)7(4)17/h4-8,17-18H,2-3H2,1H3,(H2,11,12,14,19). The number of carbonyl (C=O) groups is 1. The van der Waals surface area contributed by atoms with Crippen LogP contribution in [-0.2, 0) is 7.05 Å². The van der Waals surface area contributed by atoms with Crippen LogP contribution in [0.3, 0.4) is 0 Å². The molecule has 4 N–H and O–H groups in total. The zero-order valence-electron chi connectivity index (χ0n) is 10.4. The zero-order valence-corrected chi connectivity index (χ0v) is 10.4. The van der Waals surface area contributed by atoms with Crippen LogP contribution in [-0.4, -0.2) is 54.7 Å². The summed E-state index contributed by atoms with van der Waals surface area (Å²) in [7, 11) is 1.60. The third-order valence-electron chi connectivity index (χ3n) is 3.97. The third-order valence-corrected chi connectivity index (χ3v) is 3.97. The lowest BCUT2D eigenvalue weighted by molar-refractivity contribution is -0.0244. The quantitative estimate of drug-likeness (QED) is 0.515. The number of anilines is 1. The molecule has 2 bridgehead atoms. The van der Waals surface area contributed by atoms with E-state index in [2.05, 4.69) is 26.0 Å².